The number of hydrogen-bond acceptors (Lipinski definition) is 4. The molecular weight excluding hydrogens is 268 g/mol. The summed E-state index contributed by atoms with van der Waals surface area (Å²) in [4.78, 5) is 21.8. The number of benzene rings is 1. The van der Waals surface area contributed by atoms with E-state index in [1.54, 1.807) is 39.0 Å². The number of halogens is 1. The highest BCUT2D eigenvalue weighted by Crippen LogP contribution is 2.22. The molecule has 5 nitrogen and oxygen atoms in total. The molecule has 1 amide bonds. The quantitative estimate of drug-likeness (QED) is 0.520. The molecule has 19 heavy (non-hydrogen) atoms. The Kier molecular flexibility index (Phi) is 5.30. The number of nitrogens with zero attached hydrogens (tertiary/aromatic N) is 1. The molecule has 0 radical (unpaired) electrons. The largest absolute Gasteiger partial charge is 0.444 e. The van der Waals surface area contributed by atoms with E-state index in [4.69, 9.17) is 16.3 Å². The van der Waals surface area contributed by atoms with Crippen LogP contribution in [-0.4, -0.2) is 11.7 Å². The van der Waals surface area contributed by atoms with E-state index in [1.165, 1.54) is 0 Å². The van der Waals surface area contributed by atoms with Crippen LogP contribution in [0.4, 0.5) is 4.79 Å². The Morgan fingerprint density at radius 3 is 2.74 bits per heavy atom. The molecule has 0 spiro atoms. The lowest BCUT2D eigenvalue weighted by molar-refractivity contribution is 0.0523. The molecule has 0 fully saturated rings. The normalized spacial score (nSPS) is 12.6. The van der Waals surface area contributed by atoms with Crippen molar-refractivity contribution in [2.75, 3.05) is 0 Å². The van der Waals surface area contributed by atoms with E-state index in [9.17, 15) is 9.70 Å². The first-order chi connectivity index (χ1) is 8.81. The van der Waals surface area contributed by atoms with E-state index in [1.807, 2.05) is 6.07 Å². The predicted molar refractivity (Wildman–Crippen MR) is 73.9 cm³/mol. The van der Waals surface area contributed by atoms with Crippen LogP contribution in [0.3, 0.4) is 0 Å². The first kappa shape index (κ1) is 15.4. The van der Waals surface area contributed by atoms with Crippen LogP contribution in [0.2, 0.25) is 0 Å². The molecule has 0 heterocycles. The SMILES string of the molecule is CC(C)(C)OC(=O)NCc1cccc(C(Cl)N=O)c1. The van der Waals surface area contributed by atoms with Crippen molar-refractivity contribution in [1.82, 2.24) is 5.32 Å². The summed E-state index contributed by atoms with van der Waals surface area (Å²) in [6.45, 7) is 5.67. The Labute approximate surface area is 117 Å². The third-order valence-corrected chi connectivity index (χ3v) is 2.49. The Morgan fingerprint density at radius 1 is 1.47 bits per heavy atom. The Hall–Kier alpha value is -1.62. The van der Waals surface area contributed by atoms with Crippen LogP contribution in [0.15, 0.2) is 29.4 Å². The Balaban J connectivity index is 2.58. The van der Waals surface area contributed by atoms with Crippen LogP contribution in [0.5, 0.6) is 0 Å². The van der Waals surface area contributed by atoms with Gasteiger partial charge in [-0.1, -0.05) is 35.9 Å². The van der Waals surface area contributed by atoms with Crippen molar-refractivity contribution in [2.45, 2.75) is 38.4 Å². The molecule has 1 unspecified atom stereocenters. The number of alkyl halides is 1. The number of ether oxygens (including phenoxy) is 1. The molecule has 0 aliphatic carbocycles. The van der Waals surface area contributed by atoms with E-state index >= 15 is 0 Å². The van der Waals surface area contributed by atoms with E-state index in [2.05, 4.69) is 10.5 Å². The van der Waals surface area contributed by atoms with Crippen LogP contribution in [0, 0.1) is 4.91 Å². The molecule has 6 heteroatoms. The van der Waals surface area contributed by atoms with Gasteiger partial charge >= 0.3 is 6.09 Å². The third kappa shape index (κ3) is 5.70. The minimum absolute atomic E-state index is 0.297. The third-order valence-electron chi connectivity index (χ3n) is 2.15. The van der Waals surface area contributed by atoms with Crippen molar-refractivity contribution in [3.63, 3.8) is 0 Å². The smallest absolute Gasteiger partial charge is 0.407 e. The first-order valence-corrected chi connectivity index (χ1v) is 6.27. The minimum atomic E-state index is -0.915. The van der Waals surface area contributed by atoms with Gasteiger partial charge in [0.15, 0.2) is 5.50 Å². The fourth-order valence-corrected chi connectivity index (χ4v) is 1.54. The van der Waals surface area contributed by atoms with Crippen molar-refractivity contribution in [3.8, 4) is 0 Å². The van der Waals surface area contributed by atoms with E-state index in [0.717, 1.165) is 5.56 Å². The monoisotopic (exact) mass is 284 g/mol. The number of amides is 1. The van der Waals surface area contributed by atoms with Gasteiger partial charge in [-0.25, -0.2) is 4.79 Å². The molecule has 0 saturated carbocycles. The topological polar surface area (TPSA) is 67.8 Å². The van der Waals surface area contributed by atoms with Crippen LogP contribution in [-0.2, 0) is 11.3 Å². The number of rotatable bonds is 4. The van der Waals surface area contributed by atoms with E-state index < -0.39 is 17.2 Å². The zero-order chi connectivity index (χ0) is 14.5. The summed E-state index contributed by atoms with van der Waals surface area (Å²) in [6, 6.07) is 6.99. The highest BCUT2D eigenvalue weighted by atomic mass is 35.5. The number of nitroso groups, excluding NO2 is 1. The van der Waals surface area contributed by atoms with Gasteiger partial charge in [0.2, 0.25) is 0 Å². The lowest BCUT2D eigenvalue weighted by Gasteiger charge is -2.19. The summed E-state index contributed by atoms with van der Waals surface area (Å²) >= 11 is 5.72. The summed E-state index contributed by atoms with van der Waals surface area (Å²) in [7, 11) is 0. The van der Waals surface area contributed by atoms with Crippen molar-refractivity contribution in [3.05, 3.63) is 40.3 Å². The maximum Gasteiger partial charge on any atom is 0.407 e. The van der Waals surface area contributed by atoms with Crippen molar-refractivity contribution >= 4 is 17.7 Å². The molecule has 104 valence electrons. The predicted octanol–water partition coefficient (Wildman–Crippen LogP) is 3.72. The fraction of sp³-hybridized carbons (Fsp3) is 0.462. The molecule has 0 bridgehead atoms. The van der Waals surface area contributed by atoms with Gasteiger partial charge in [0.25, 0.3) is 0 Å². The molecule has 1 aromatic rings. The zero-order valence-electron chi connectivity index (χ0n) is 11.1. The average molecular weight is 285 g/mol. The fourth-order valence-electron chi connectivity index (χ4n) is 1.40. The van der Waals surface area contributed by atoms with Crippen LogP contribution in [0.1, 0.15) is 37.4 Å². The number of hydrogen-bond donors (Lipinski definition) is 1. The molecule has 0 aliphatic heterocycles. The average Bonchev–Trinajstić information content (AvgIpc) is 2.34. The molecule has 1 N–H and O–H groups in total. The highest BCUT2D eigenvalue weighted by molar-refractivity contribution is 6.20. The lowest BCUT2D eigenvalue weighted by atomic mass is 10.1. The van der Waals surface area contributed by atoms with Gasteiger partial charge < -0.3 is 10.1 Å². The Morgan fingerprint density at radius 2 is 2.16 bits per heavy atom. The minimum Gasteiger partial charge on any atom is -0.444 e. The first-order valence-electron chi connectivity index (χ1n) is 5.84. The lowest BCUT2D eigenvalue weighted by Crippen LogP contribution is -2.32. The molecular formula is C13H17ClN2O3. The highest BCUT2D eigenvalue weighted by Gasteiger charge is 2.15. The summed E-state index contributed by atoms with van der Waals surface area (Å²) < 4.78 is 5.11. The summed E-state index contributed by atoms with van der Waals surface area (Å²) in [5, 5.41) is 5.37. The van der Waals surface area contributed by atoms with Gasteiger partial charge in [-0.05, 0) is 37.1 Å². The second kappa shape index (κ2) is 6.52. The van der Waals surface area contributed by atoms with Gasteiger partial charge in [-0.2, -0.15) is 0 Å². The summed E-state index contributed by atoms with van der Waals surface area (Å²) in [6.07, 6.45) is -0.492. The molecule has 1 atom stereocenters. The van der Waals surface area contributed by atoms with Crippen LogP contribution >= 0.6 is 11.6 Å². The number of carbonyl (C=O) groups excluding carboxylic acids is 1. The maximum absolute atomic E-state index is 11.5. The Bertz CT molecular complexity index is 457. The van der Waals surface area contributed by atoms with Crippen molar-refractivity contribution < 1.29 is 9.53 Å². The van der Waals surface area contributed by atoms with E-state index in [-0.39, 0.29) is 0 Å². The number of nitrogens with one attached hydrogen (secondary N) is 1. The number of alkyl carbamates (subject to hydrolysis) is 1. The van der Waals surface area contributed by atoms with Gasteiger partial charge in [-0.3, -0.25) is 0 Å². The maximum atomic E-state index is 11.5. The van der Waals surface area contributed by atoms with Gasteiger partial charge in [-0.15, -0.1) is 4.91 Å². The van der Waals surface area contributed by atoms with Gasteiger partial charge in [0, 0.05) is 6.54 Å². The van der Waals surface area contributed by atoms with Gasteiger partial charge in [0.05, 0.1) is 0 Å². The summed E-state index contributed by atoms with van der Waals surface area (Å²) in [5.41, 5.74) is -0.0338. The summed E-state index contributed by atoms with van der Waals surface area (Å²) in [5.74, 6) is 0. The second-order valence-electron chi connectivity index (χ2n) is 5.04. The molecule has 0 aromatic heterocycles. The molecule has 1 rings (SSSR count). The standard InChI is InChI=1S/C13H17ClN2O3/c1-13(2,3)19-12(17)15-8-9-5-4-6-10(7-9)11(14)16-18/h4-7,11H,8H2,1-3H3,(H,15,17). The molecule has 1 aromatic carbocycles. The van der Waals surface area contributed by atoms with Crippen molar-refractivity contribution in [2.24, 2.45) is 5.18 Å². The van der Waals surface area contributed by atoms with Crippen LogP contribution in [0.25, 0.3) is 0 Å². The second-order valence-corrected chi connectivity index (χ2v) is 5.46. The van der Waals surface area contributed by atoms with Crippen LogP contribution < -0.4 is 5.32 Å². The zero-order valence-corrected chi connectivity index (χ0v) is 11.9. The van der Waals surface area contributed by atoms with Crippen molar-refractivity contribution in [1.29, 1.82) is 0 Å². The number of carbonyl (C=O) groups is 1. The molecule has 0 aliphatic rings. The molecule has 0 saturated heterocycles. The van der Waals surface area contributed by atoms with Gasteiger partial charge in [0.1, 0.15) is 5.60 Å². The van der Waals surface area contributed by atoms with E-state index in [0.29, 0.717) is 12.1 Å².